The van der Waals surface area contributed by atoms with Gasteiger partial charge in [-0.25, -0.2) is 0 Å². The van der Waals surface area contributed by atoms with Gasteiger partial charge in [0.25, 0.3) is 5.91 Å². The number of alkyl halides is 3. The molecule has 1 heterocycles. The predicted molar refractivity (Wildman–Crippen MR) is 93.0 cm³/mol. The van der Waals surface area contributed by atoms with E-state index in [0.717, 1.165) is 12.1 Å². The second kappa shape index (κ2) is 6.76. The van der Waals surface area contributed by atoms with Crippen LogP contribution in [0.15, 0.2) is 59.0 Å². The first kappa shape index (κ1) is 17.9. The van der Waals surface area contributed by atoms with Gasteiger partial charge in [0, 0.05) is 10.6 Å². The van der Waals surface area contributed by atoms with E-state index in [1.165, 1.54) is 36.4 Å². The van der Waals surface area contributed by atoms with Gasteiger partial charge in [0.2, 0.25) is 0 Å². The first-order valence-electron chi connectivity index (χ1n) is 7.38. The summed E-state index contributed by atoms with van der Waals surface area (Å²) < 4.78 is 43.8. The average Bonchev–Trinajstić information content (AvgIpc) is 3.07. The molecule has 0 aliphatic rings. The summed E-state index contributed by atoms with van der Waals surface area (Å²) in [4.78, 5) is 12.2. The number of furan rings is 1. The Balaban J connectivity index is 1.82. The highest BCUT2D eigenvalue weighted by Crippen LogP contribution is 2.33. The van der Waals surface area contributed by atoms with Crippen molar-refractivity contribution in [2.75, 3.05) is 11.1 Å². The van der Waals surface area contributed by atoms with Crippen LogP contribution in [0.5, 0.6) is 0 Å². The fraction of sp³-hybridized carbons (Fsp3) is 0.0556. The Hall–Kier alpha value is -2.93. The Kier molecular flexibility index (Phi) is 4.65. The van der Waals surface area contributed by atoms with Crippen LogP contribution in [0.1, 0.15) is 16.1 Å². The molecule has 3 aromatic rings. The Bertz CT molecular complexity index is 967. The first-order valence-corrected chi connectivity index (χ1v) is 7.76. The van der Waals surface area contributed by atoms with E-state index >= 15 is 0 Å². The number of carbonyl (C=O) groups is 1. The van der Waals surface area contributed by atoms with Crippen LogP contribution in [0.25, 0.3) is 11.3 Å². The lowest BCUT2D eigenvalue weighted by molar-refractivity contribution is -0.137. The van der Waals surface area contributed by atoms with Gasteiger partial charge in [0.15, 0.2) is 5.76 Å². The van der Waals surface area contributed by atoms with Gasteiger partial charge in [-0.3, -0.25) is 4.79 Å². The molecule has 0 unspecified atom stereocenters. The molecule has 3 N–H and O–H groups in total. The van der Waals surface area contributed by atoms with Gasteiger partial charge in [-0.1, -0.05) is 23.7 Å². The summed E-state index contributed by atoms with van der Waals surface area (Å²) in [5.74, 6) is -0.505. The van der Waals surface area contributed by atoms with Crippen molar-refractivity contribution in [1.82, 2.24) is 0 Å². The van der Waals surface area contributed by atoms with Gasteiger partial charge in [-0.05, 0) is 42.5 Å². The van der Waals surface area contributed by atoms with E-state index in [0.29, 0.717) is 10.7 Å². The SMILES string of the molecule is Nc1cc(Cl)ccc1NC(=O)c1ccc(-c2cccc(C(F)(F)F)c2)o1. The molecule has 0 bridgehead atoms. The zero-order chi connectivity index (χ0) is 18.9. The van der Waals surface area contributed by atoms with E-state index in [1.54, 1.807) is 6.07 Å². The van der Waals surface area contributed by atoms with E-state index in [-0.39, 0.29) is 22.8 Å². The summed E-state index contributed by atoms with van der Waals surface area (Å²) in [5.41, 5.74) is 5.80. The lowest BCUT2D eigenvalue weighted by Crippen LogP contribution is -2.12. The molecule has 0 radical (unpaired) electrons. The van der Waals surface area contributed by atoms with Crippen molar-refractivity contribution < 1.29 is 22.4 Å². The van der Waals surface area contributed by atoms with Crippen molar-refractivity contribution >= 4 is 28.9 Å². The molecule has 1 amide bonds. The minimum Gasteiger partial charge on any atom is -0.451 e. The van der Waals surface area contributed by atoms with Crippen LogP contribution in [0.3, 0.4) is 0 Å². The fourth-order valence-electron chi connectivity index (χ4n) is 2.30. The lowest BCUT2D eigenvalue weighted by atomic mass is 10.1. The molecular formula is C18H12ClF3N2O2. The maximum absolute atomic E-state index is 12.8. The van der Waals surface area contributed by atoms with E-state index < -0.39 is 17.6 Å². The molecule has 8 heteroatoms. The number of benzene rings is 2. The quantitative estimate of drug-likeness (QED) is 0.593. The highest BCUT2D eigenvalue weighted by atomic mass is 35.5. The van der Waals surface area contributed by atoms with Crippen molar-refractivity contribution in [2.45, 2.75) is 6.18 Å². The van der Waals surface area contributed by atoms with Gasteiger partial charge in [-0.15, -0.1) is 0 Å². The molecular weight excluding hydrogens is 369 g/mol. The molecule has 2 aromatic carbocycles. The Labute approximate surface area is 151 Å². The molecule has 0 saturated carbocycles. The van der Waals surface area contributed by atoms with E-state index in [1.807, 2.05) is 0 Å². The predicted octanol–water partition coefficient (Wildman–Crippen LogP) is 5.45. The summed E-state index contributed by atoms with van der Waals surface area (Å²) in [5, 5.41) is 2.98. The van der Waals surface area contributed by atoms with Crippen LogP contribution >= 0.6 is 11.6 Å². The van der Waals surface area contributed by atoms with Crippen LogP contribution in [-0.2, 0) is 6.18 Å². The Morgan fingerprint density at radius 3 is 2.54 bits per heavy atom. The maximum atomic E-state index is 12.8. The van der Waals surface area contributed by atoms with Crippen LogP contribution in [-0.4, -0.2) is 5.91 Å². The average molecular weight is 381 g/mol. The minimum absolute atomic E-state index is 0.0632. The van der Waals surface area contributed by atoms with Crippen LogP contribution in [0.2, 0.25) is 5.02 Å². The summed E-state index contributed by atoms with van der Waals surface area (Å²) in [6, 6.07) is 12.0. The molecule has 0 saturated heterocycles. The third-order valence-corrected chi connectivity index (χ3v) is 3.80. The number of halogens is 4. The number of nitrogens with two attached hydrogens (primary N) is 1. The molecule has 0 spiro atoms. The number of hydrogen-bond donors (Lipinski definition) is 2. The molecule has 4 nitrogen and oxygen atoms in total. The molecule has 26 heavy (non-hydrogen) atoms. The zero-order valence-corrected chi connectivity index (χ0v) is 13.9. The summed E-state index contributed by atoms with van der Waals surface area (Å²) in [6.45, 7) is 0. The molecule has 1 aromatic heterocycles. The van der Waals surface area contributed by atoms with Crippen LogP contribution in [0, 0.1) is 0 Å². The highest BCUT2D eigenvalue weighted by molar-refractivity contribution is 6.31. The topological polar surface area (TPSA) is 68.3 Å². The third-order valence-electron chi connectivity index (χ3n) is 3.57. The number of carbonyl (C=O) groups excluding carboxylic acids is 1. The molecule has 0 aliphatic heterocycles. The summed E-state index contributed by atoms with van der Waals surface area (Å²) in [7, 11) is 0. The smallest absolute Gasteiger partial charge is 0.416 e. The molecule has 0 aliphatic carbocycles. The number of nitrogen functional groups attached to an aromatic ring is 1. The maximum Gasteiger partial charge on any atom is 0.416 e. The molecule has 3 rings (SSSR count). The summed E-state index contributed by atoms with van der Waals surface area (Å²) >= 11 is 5.80. The first-order chi connectivity index (χ1) is 12.2. The number of rotatable bonds is 3. The van der Waals surface area contributed by atoms with Crippen molar-refractivity contribution in [3.8, 4) is 11.3 Å². The third kappa shape index (κ3) is 3.83. The normalized spacial score (nSPS) is 11.4. The molecule has 0 fully saturated rings. The van der Waals surface area contributed by atoms with E-state index in [2.05, 4.69) is 5.32 Å². The largest absolute Gasteiger partial charge is 0.451 e. The fourth-order valence-corrected chi connectivity index (χ4v) is 2.48. The molecule has 0 atom stereocenters. The zero-order valence-electron chi connectivity index (χ0n) is 13.1. The van der Waals surface area contributed by atoms with Crippen molar-refractivity contribution in [3.63, 3.8) is 0 Å². The number of amides is 1. The second-order valence-corrected chi connectivity index (χ2v) is 5.86. The second-order valence-electron chi connectivity index (χ2n) is 5.43. The van der Waals surface area contributed by atoms with Gasteiger partial charge in [0.1, 0.15) is 5.76 Å². The number of nitrogens with one attached hydrogen (secondary N) is 1. The van der Waals surface area contributed by atoms with Crippen LogP contribution in [0.4, 0.5) is 24.5 Å². The summed E-state index contributed by atoms with van der Waals surface area (Å²) in [6.07, 6.45) is -4.46. The Morgan fingerprint density at radius 2 is 1.85 bits per heavy atom. The van der Waals surface area contributed by atoms with Gasteiger partial charge < -0.3 is 15.5 Å². The minimum atomic E-state index is -4.46. The number of hydrogen-bond acceptors (Lipinski definition) is 3. The monoisotopic (exact) mass is 380 g/mol. The van der Waals surface area contributed by atoms with Crippen molar-refractivity contribution in [2.24, 2.45) is 0 Å². The highest BCUT2D eigenvalue weighted by Gasteiger charge is 2.30. The van der Waals surface area contributed by atoms with E-state index in [9.17, 15) is 18.0 Å². The standard InChI is InChI=1S/C18H12ClF3N2O2/c19-12-4-5-14(13(23)9-12)24-17(25)16-7-6-15(26-16)10-2-1-3-11(8-10)18(20,21)22/h1-9H,23H2,(H,24,25). The van der Waals surface area contributed by atoms with Gasteiger partial charge in [0.05, 0.1) is 16.9 Å². The lowest BCUT2D eigenvalue weighted by Gasteiger charge is -2.08. The molecule has 134 valence electrons. The van der Waals surface area contributed by atoms with Gasteiger partial charge in [-0.2, -0.15) is 13.2 Å². The van der Waals surface area contributed by atoms with E-state index in [4.69, 9.17) is 21.8 Å². The van der Waals surface area contributed by atoms with Crippen LogP contribution < -0.4 is 11.1 Å². The van der Waals surface area contributed by atoms with Crippen molar-refractivity contribution in [1.29, 1.82) is 0 Å². The van der Waals surface area contributed by atoms with Gasteiger partial charge >= 0.3 is 6.18 Å². The number of anilines is 2. The van der Waals surface area contributed by atoms with Crippen molar-refractivity contribution in [3.05, 3.63) is 70.9 Å². The Morgan fingerprint density at radius 1 is 1.08 bits per heavy atom.